The second kappa shape index (κ2) is 8.58. The molecule has 0 N–H and O–H groups in total. The Morgan fingerprint density at radius 1 is 1.12 bits per heavy atom. The van der Waals surface area contributed by atoms with Crippen LogP contribution in [-0.2, 0) is 11.0 Å². The standard InChI is InChI=1S/C21H17F3N4O3S/c22-21(23,24)14-5-6-16(17(13-14)28(30)31)26-9-11-27(12-10-26)20(29)8-7-19-25-15-3-1-2-4-18(15)32-19/h1-8,13H,9-12H2/b8-7+. The zero-order valence-corrected chi connectivity index (χ0v) is 17.4. The number of hydrogen-bond donors (Lipinski definition) is 0. The first-order valence-electron chi connectivity index (χ1n) is 9.65. The topological polar surface area (TPSA) is 79.6 Å². The van der Waals surface area contributed by atoms with E-state index in [9.17, 15) is 28.1 Å². The molecule has 1 saturated heterocycles. The summed E-state index contributed by atoms with van der Waals surface area (Å²) in [4.78, 5) is 30.7. The monoisotopic (exact) mass is 462 g/mol. The zero-order valence-electron chi connectivity index (χ0n) is 16.6. The average molecular weight is 462 g/mol. The minimum absolute atomic E-state index is 0.111. The SMILES string of the molecule is O=C(/C=C/c1nc2ccccc2s1)N1CCN(c2ccc(C(F)(F)F)cc2[N+](=O)[O-])CC1. The summed E-state index contributed by atoms with van der Waals surface area (Å²) < 4.78 is 39.8. The quantitative estimate of drug-likeness (QED) is 0.322. The minimum Gasteiger partial charge on any atom is -0.362 e. The van der Waals surface area contributed by atoms with Crippen LogP contribution in [0.2, 0.25) is 0 Å². The van der Waals surface area contributed by atoms with Crippen molar-refractivity contribution in [2.45, 2.75) is 6.18 Å². The summed E-state index contributed by atoms with van der Waals surface area (Å²) in [5.41, 5.74) is -0.700. The number of piperazine rings is 1. The van der Waals surface area contributed by atoms with Crippen LogP contribution in [0.4, 0.5) is 24.5 Å². The van der Waals surface area contributed by atoms with E-state index in [0.29, 0.717) is 24.2 Å². The van der Waals surface area contributed by atoms with Gasteiger partial charge in [0.1, 0.15) is 10.7 Å². The molecule has 0 radical (unpaired) electrons. The van der Waals surface area contributed by atoms with Crippen molar-refractivity contribution in [1.82, 2.24) is 9.88 Å². The van der Waals surface area contributed by atoms with E-state index in [1.54, 1.807) is 15.9 Å². The fourth-order valence-corrected chi connectivity index (χ4v) is 4.36. The first-order chi connectivity index (χ1) is 15.2. The summed E-state index contributed by atoms with van der Waals surface area (Å²) in [5, 5.41) is 12.0. The number of fused-ring (bicyclic) bond motifs is 1. The van der Waals surface area contributed by atoms with Crippen LogP contribution < -0.4 is 4.90 Å². The van der Waals surface area contributed by atoms with Crippen molar-refractivity contribution < 1.29 is 22.9 Å². The number of nitro groups is 1. The lowest BCUT2D eigenvalue weighted by atomic mass is 10.1. The first-order valence-corrected chi connectivity index (χ1v) is 10.5. The molecule has 0 atom stereocenters. The lowest BCUT2D eigenvalue weighted by Gasteiger charge is -2.35. The molecule has 3 aromatic rings. The fraction of sp³-hybridized carbons (Fsp3) is 0.238. The van der Waals surface area contributed by atoms with E-state index < -0.39 is 22.4 Å². The predicted molar refractivity (Wildman–Crippen MR) is 116 cm³/mol. The Kier molecular flexibility index (Phi) is 5.83. The number of hydrogen-bond acceptors (Lipinski definition) is 6. The molecule has 0 unspecified atom stereocenters. The second-order valence-corrected chi connectivity index (χ2v) is 8.19. The molecule has 0 spiro atoms. The minimum atomic E-state index is -4.66. The molecule has 0 bridgehead atoms. The van der Waals surface area contributed by atoms with Crippen LogP contribution in [0.25, 0.3) is 16.3 Å². The highest BCUT2D eigenvalue weighted by Crippen LogP contribution is 2.36. The van der Waals surface area contributed by atoms with E-state index in [2.05, 4.69) is 4.98 Å². The van der Waals surface area contributed by atoms with Gasteiger partial charge in [-0.05, 0) is 30.3 Å². The Labute approximate surface area is 184 Å². The third-order valence-corrected chi connectivity index (χ3v) is 6.11. The maximum atomic E-state index is 12.9. The van der Waals surface area contributed by atoms with Gasteiger partial charge in [0, 0.05) is 38.3 Å². The molecule has 0 aliphatic carbocycles. The van der Waals surface area contributed by atoms with Crippen LogP contribution in [0.3, 0.4) is 0 Å². The number of rotatable bonds is 4. The van der Waals surface area contributed by atoms with E-state index in [0.717, 1.165) is 22.3 Å². The predicted octanol–water partition coefficient (Wildman–Crippen LogP) is 4.59. The molecule has 11 heteroatoms. The Morgan fingerprint density at radius 2 is 1.84 bits per heavy atom. The van der Waals surface area contributed by atoms with Crippen LogP contribution >= 0.6 is 11.3 Å². The molecule has 0 saturated carbocycles. The molecule has 166 valence electrons. The summed E-state index contributed by atoms with van der Waals surface area (Å²) in [6.45, 7) is 1.13. The van der Waals surface area contributed by atoms with Gasteiger partial charge in [0.25, 0.3) is 5.69 Å². The Balaban J connectivity index is 1.42. The van der Waals surface area contributed by atoms with Gasteiger partial charge >= 0.3 is 6.18 Å². The molecule has 7 nitrogen and oxygen atoms in total. The Morgan fingerprint density at radius 3 is 2.50 bits per heavy atom. The molecule has 1 aliphatic rings. The van der Waals surface area contributed by atoms with Gasteiger partial charge in [-0.1, -0.05) is 12.1 Å². The van der Waals surface area contributed by atoms with E-state index in [4.69, 9.17) is 0 Å². The average Bonchev–Trinajstić information content (AvgIpc) is 3.19. The number of halogens is 3. The second-order valence-electron chi connectivity index (χ2n) is 7.12. The number of amides is 1. The van der Waals surface area contributed by atoms with Crippen molar-refractivity contribution in [3.8, 4) is 0 Å². The van der Waals surface area contributed by atoms with Crippen molar-refractivity contribution in [3.05, 3.63) is 69.2 Å². The maximum absolute atomic E-state index is 12.9. The number of para-hydroxylation sites is 1. The highest BCUT2D eigenvalue weighted by Gasteiger charge is 2.34. The van der Waals surface area contributed by atoms with Crippen molar-refractivity contribution >= 4 is 44.9 Å². The van der Waals surface area contributed by atoms with Gasteiger partial charge in [0.15, 0.2) is 0 Å². The maximum Gasteiger partial charge on any atom is 0.416 e. The number of anilines is 1. The van der Waals surface area contributed by atoms with Crippen molar-refractivity contribution in [3.63, 3.8) is 0 Å². The highest BCUT2D eigenvalue weighted by molar-refractivity contribution is 7.19. The lowest BCUT2D eigenvalue weighted by Crippen LogP contribution is -2.48. The number of nitro benzene ring substituents is 1. The van der Waals surface area contributed by atoms with Gasteiger partial charge in [-0.15, -0.1) is 11.3 Å². The fourth-order valence-electron chi connectivity index (χ4n) is 3.49. The van der Waals surface area contributed by atoms with Gasteiger partial charge < -0.3 is 9.80 Å². The number of carbonyl (C=O) groups is 1. The van der Waals surface area contributed by atoms with Gasteiger partial charge in [-0.3, -0.25) is 14.9 Å². The van der Waals surface area contributed by atoms with Crippen molar-refractivity contribution in [2.75, 3.05) is 31.1 Å². The van der Waals surface area contributed by atoms with Gasteiger partial charge in [-0.25, -0.2) is 4.98 Å². The summed E-state index contributed by atoms with van der Waals surface area (Å²) in [6, 6.07) is 10.1. The summed E-state index contributed by atoms with van der Waals surface area (Å²) in [7, 11) is 0. The van der Waals surface area contributed by atoms with E-state index >= 15 is 0 Å². The van der Waals surface area contributed by atoms with Crippen LogP contribution in [0.15, 0.2) is 48.5 Å². The number of alkyl halides is 3. The van der Waals surface area contributed by atoms with Crippen LogP contribution in [0.1, 0.15) is 10.6 Å². The van der Waals surface area contributed by atoms with Crippen LogP contribution in [0.5, 0.6) is 0 Å². The molecular formula is C21H17F3N4O3S. The third kappa shape index (κ3) is 4.57. The Bertz CT molecular complexity index is 1170. The molecule has 2 aromatic carbocycles. The molecule has 2 heterocycles. The number of thiazole rings is 1. The van der Waals surface area contributed by atoms with Crippen molar-refractivity contribution in [1.29, 1.82) is 0 Å². The van der Waals surface area contributed by atoms with E-state index in [-0.39, 0.29) is 24.7 Å². The molecule has 4 rings (SSSR count). The summed E-state index contributed by atoms with van der Waals surface area (Å²) in [6.07, 6.45) is -1.57. The smallest absolute Gasteiger partial charge is 0.362 e. The normalized spacial score (nSPS) is 15.0. The largest absolute Gasteiger partial charge is 0.416 e. The van der Waals surface area contributed by atoms with Gasteiger partial charge in [-0.2, -0.15) is 13.2 Å². The molecule has 1 fully saturated rings. The Hall–Kier alpha value is -3.47. The van der Waals surface area contributed by atoms with Gasteiger partial charge in [0.2, 0.25) is 5.91 Å². The molecular weight excluding hydrogens is 445 g/mol. The third-order valence-electron chi connectivity index (χ3n) is 5.11. The zero-order chi connectivity index (χ0) is 22.9. The highest BCUT2D eigenvalue weighted by atomic mass is 32.1. The number of aromatic nitrogens is 1. The van der Waals surface area contributed by atoms with Crippen LogP contribution in [0, 0.1) is 10.1 Å². The molecule has 1 amide bonds. The first kappa shape index (κ1) is 21.8. The number of carbonyl (C=O) groups excluding carboxylic acids is 1. The van der Waals surface area contributed by atoms with E-state index in [1.807, 2.05) is 24.3 Å². The van der Waals surface area contributed by atoms with Gasteiger partial charge in [0.05, 0.1) is 20.7 Å². The van der Waals surface area contributed by atoms with E-state index in [1.165, 1.54) is 17.4 Å². The summed E-state index contributed by atoms with van der Waals surface area (Å²) >= 11 is 1.47. The molecule has 1 aliphatic heterocycles. The number of nitrogens with zero attached hydrogens (tertiary/aromatic N) is 4. The number of benzene rings is 2. The van der Waals surface area contributed by atoms with Crippen LogP contribution in [-0.4, -0.2) is 46.9 Å². The van der Waals surface area contributed by atoms with Crippen molar-refractivity contribution in [2.24, 2.45) is 0 Å². The molecule has 32 heavy (non-hydrogen) atoms. The molecule has 1 aromatic heterocycles. The summed E-state index contributed by atoms with van der Waals surface area (Å²) in [5.74, 6) is -0.217. The lowest BCUT2D eigenvalue weighted by molar-refractivity contribution is -0.384.